The Morgan fingerprint density at radius 3 is 1.34 bits per heavy atom. The van der Waals surface area contributed by atoms with Crippen molar-refractivity contribution in [3.05, 3.63) is 228 Å². The maximum Gasteiger partial charge on any atom is 0.0465 e. The first kappa shape index (κ1) is 34.8. The van der Waals surface area contributed by atoms with Gasteiger partial charge in [0.1, 0.15) is 0 Å². The van der Waals surface area contributed by atoms with E-state index in [4.69, 9.17) is 0 Å². The predicted molar refractivity (Wildman–Crippen MR) is 239 cm³/mol. The molecule has 0 bridgehead atoms. The van der Waals surface area contributed by atoms with Gasteiger partial charge in [0.2, 0.25) is 0 Å². The number of nitrogens with zero attached hydrogens (tertiary/aromatic N) is 2. The standard InChI is InChI=1S/C54H44N2/c1-39-19-28-46(29-20-39)56(48-32-26-43(27-33-48)42-13-7-4-8-14-42)49-34-36-51-50-35-25-41(37-52(50)54(2,3)53(51)38-49)22-21-40-23-30-47(31-24-40)55(44-15-9-5-10-16-44)45-17-11-6-12-18-45/h4-38H,1-3H3/b22-21+. The van der Waals surface area contributed by atoms with Crippen LogP contribution in [0.3, 0.4) is 0 Å². The van der Waals surface area contributed by atoms with Gasteiger partial charge in [0, 0.05) is 39.5 Å². The summed E-state index contributed by atoms with van der Waals surface area (Å²) in [5.41, 5.74) is 18.0. The molecule has 0 radical (unpaired) electrons. The smallest absolute Gasteiger partial charge is 0.0465 e. The highest BCUT2D eigenvalue weighted by atomic mass is 15.1. The van der Waals surface area contributed by atoms with Gasteiger partial charge in [-0.15, -0.1) is 0 Å². The molecule has 8 aromatic rings. The second-order valence-corrected chi connectivity index (χ2v) is 15.2. The highest BCUT2D eigenvalue weighted by Gasteiger charge is 2.36. The van der Waals surface area contributed by atoms with E-state index in [1.807, 2.05) is 0 Å². The van der Waals surface area contributed by atoms with Gasteiger partial charge in [-0.25, -0.2) is 0 Å². The van der Waals surface area contributed by atoms with Crippen molar-refractivity contribution >= 4 is 46.3 Å². The zero-order valence-electron chi connectivity index (χ0n) is 32.1. The van der Waals surface area contributed by atoms with Crippen LogP contribution in [0, 0.1) is 6.92 Å². The zero-order valence-corrected chi connectivity index (χ0v) is 32.1. The van der Waals surface area contributed by atoms with Crippen LogP contribution in [0.25, 0.3) is 34.4 Å². The molecule has 9 rings (SSSR count). The Bertz CT molecular complexity index is 2580. The molecule has 0 spiro atoms. The van der Waals surface area contributed by atoms with Gasteiger partial charge in [0.05, 0.1) is 0 Å². The second-order valence-electron chi connectivity index (χ2n) is 15.2. The highest BCUT2D eigenvalue weighted by molar-refractivity contribution is 5.87. The van der Waals surface area contributed by atoms with E-state index in [1.54, 1.807) is 0 Å². The van der Waals surface area contributed by atoms with Crippen LogP contribution in [0.4, 0.5) is 34.1 Å². The van der Waals surface area contributed by atoms with E-state index < -0.39 is 0 Å². The van der Waals surface area contributed by atoms with E-state index in [-0.39, 0.29) is 5.41 Å². The molecule has 1 aliphatic rings. The summed E-state index contributed by atoms with van der Waals surface area (Å²) in [4.78, 5) is 4.67. The van der Waals surface area contributed by atoms with Crippen molar-refractivity contribution < 1.29 is 0 Å². The van der Waals surface area contributed by atoms with Crippen molar-refractivity contribution in [2.75, 3.05) is 9.80 Å². The summed E-state index contributed by atoms with van der Waals surface area (Å²) in [6.45, 7) is 6.87. The van der Waals surface area contributed by atoms with E-state index in [2.05, 4.69) is 243 Å². The normalized spacial score (nSPS) is 12.6. The summed E-state index contributed by atoms with van der Waals surface area (Å²) in [5.74, 6) is 0. The van der Waals surface area contributed by atoms with Crippen molar-refractivity contribution in [3.8, 4) is 22.3 Å². The molecule has 0 unspecified atom stereocenters. The van der Waals surface area contributed by atoms with Gasteiger partial charge >= 0.3 is 0 Å². The highest BCUT2D eigenvalue weighted by Crippen LogP contribution is 2.51. The number of aryl methyl sites for hydroxylation is 1. The lowest BCUT2D eigenvalue weighted by molar-refractivity contribution is 0.660. The van der Waals surface area contributed by atoms with Gasteiger partial charge in [-0.05, 0) is 124 Å². The third kappa shape index (κ3) is 6.71. The molecule has 0 heterocycles. The molecular weight excluding hydrogens is 677 g/mol. The third-order valence-corrected chi connectivity index (χ3v) is 11.1. The molecule has 0 saturated heterocycles. The Balaban J connectivity index is 0.999. The molecule has 2 nitrogen and oxygen atoms in total. The molecule has 8 aromatic carbocycles. The van der Waals surface area contributed by atoms with E-state index >= 15 is 0 Å². The number of benzene rings is 8. The Kier molecular flexibility index (Phi) is 9.17. The minimum Gasteiger partial charge on any atom is -0.311 e. The average molecular weight is 721 g/mol. The second kappa shape index (κ2) is 14.7. The summed E-state index contributed by atoms with van der Waals surface area (Å²) in [5, 5.41) is 0. The zero-order chi connectivity index (χ0) is 38.1. The minimum absolute atomic E-state index is 0.166. The monoisotopic (exact) mass is 720 g/mol. The van der Waals surface area contributed by atoms with Crippen LogP contribution in [0.2, 0.25) is 0 Å². The van der Waals surface area contributed by atoms with E-state index in [9.17, 15) is 0 Å². The SMILES string of the molecule is Cc1ccc(N(c2ccc(-c3ccccc3)cc2)c2ccc3c(c2)C(C)(C)c2cc(/C=C/c4ccc(N(c5ccccc5)c5ccccc5)cc4)ccc2-3)cc1. The molecule has 56 heavy (non-hydrogen) atoms. The summed E-state index contributed by atoms with van der Waals surface area (Å²) in [6.07, 6.45) is 4.46. The molecule has 2 heteroatoms. The number of hydrogen-bond acceptors (Lipinski definition) is 2. The maximum atomic E-state index is 2.41. The predicted octanol–water partition coefficient (Wildman–Crippen LogP) is 15.1. The van der Waals surface area contributed by atoms with Crippen molar-refractivity contribution in [1.82, 2.24) is 0 Å². The molecule has 0 amide bonds. The Morgan fingerprint density at radius 2 is 0.750 bits per heavy atom. The van der Waals surface area contributed by atoms with Crippen LogP contribution < -0.4 is 9.80 Å². The maximum absolute atomic E-state index is 2.41. The molecular formula is C54H44N2. The fourth-order valence-corrected chi connectivity index (χ4v) is 8.09. The van der Waals surface area contributed by atoms with E-state index in [0.29, 0.717) is 0 Å². The number of hydrogen-bond donors (Lipinski definition) is 0. The first-order chi connectivity index (χ1) is 27.4. The van der Waals surface area contributed by atoms with Crippen LogP contribution in [0.5, 0.6) is 0 Å². The number of rotatable bonds is 9. The van der Waals surface area contributed by atoms with Gasteiger partial charge < -0.3 is 9.80 Å². The fraction of sp³-hybridized carbons (Fsp3) is 0.0741. The van der Waals surface area contributed by atoms with Crippen LogP contribution in [-0.2, 0) is 5.41 Å². The Hall–Kier alpha value is -6.90. The molecule has 0 aromatic heterocycles. The van der Waals surface area contributed by atoms with E-state index in [0.717, 1.165) is 39.7 Å². The molecule has 0 saturated carbocycles. The summed E-state index contributed by atoms with van der Waals surface area (Å²) in [6, 6.07) is 72.2. The summed E-state index contributed by atoms with van der Waals surface area (Å²) in [7, 11) is 0. The minimum atomic E-state index is -0.166. The lowest BCUT2D eigenvalue weighted by Gasteiger charge is -2.28. The topological polar surface area (TPSA) is 6.48 Å². The third-order valence-electron chi connectivity index (χ3n) is 11.1. The number of para-hydroxylation sites is 2. The lowest BCUT2D eigenvalue weighted by atomic mass is 9.81. The molecule has 1 aliphatic carbocycles. The van der Waals surface area contributed by atoms with Gasteiger partial charge in [-0.3, -0.25) is 0 Å². The molecule has 0 atom stereocenters. The fourth-order valence-electron chi connectivity index (χ4n) is 8.09. The van der Waals surface area contributed by atoms with Gasteiger partial charge in [0.15, 0.2) is 0 Å². The lowest BCUT2D eigenvalue weighted by Crippen LogP contribution is -2.16. The first-order valence-corrected chi connectivity index (χ1v) is 19.4. The molecule has 0 N–H and O–H groups in total. The van der Waals surface area contributed by atoms with Crippen LogP contribution in [-0.4, -0.2) is 0 Å². The first-order valence-electron chi connectivity index (χ1n) is 19.4. The average Bonchev–Trinajstić information content (AvgIpc) is 3.47. The molecule has 0 aliphatic heterocycles. The van der Waals surface area contributed by atoms with Crippen LogP contribution >= 0.6 is 0 Å². The Labute approximate surface area is 331 Å². The summed E-state index contributed by atoms with van der Waals surface area (Å²) < 4.78 is 0. The van der Waals surface area contributed by atoms with Crippen LogP contribution in [0.1, 0.15) is 41.7 Å². The van der Waals surface area contributed by atoms with Gasteiger partial charge in [0.25, 0.3) is 0 Å². The largest absolute Gasteiger partial charge is 0.311 e. The van der Waals surface area contributed by atoms with Crippen LogP contribution in [0.15, 0.2) is 200 Å². The Morgan fingerprint density at radius 1 is 0.357 bits per heavy atom. The summed E-state index contributed by atoms with van der Waals surface area (Å²) >= 11 is 0. The number of anilines is 6. The molecule has 270 valence electrons. The number of fused-ring (bicyclic) bond motifs is 3. The van der Waals surface area contributed by atoms with Gasteiger partial charge in [-0.1, -0.05) is 159 Å². The van der Waals surface area contributed by atoms with Crippen molar-refractivity contribution in [2.45, 2.75) is 26.2 Å². The van der Waals surface area contributed by atoms with E-state index in [1.165, 1.54) is 44.5 Å². The molecule has 0 fully saturated rings. The quantitative estimate of drug-likeness (QED) is 0.137. The van der Waals surface area contributed by atoms with Crippen molar-refractivity contribution in [2.24, 2.45) is 0 Å². The van der Waals surface area contributed by atoms with Crippen molar-refractivity contribution in [3.63, 3.8) is 0 Å². The van der Waals surface area contributed by atoms with Crippen molar-refractivity contribution in [1.29, 1.82) is 0 Å². The van der Waals surface area contributed by atoms with Gasteiger partial charge in [-0.2, -0.15) is 0 Å².